The molecular weight excluding hydrogens is 1010 g/mol. The molecule has 0 saturated heterocycles. The third-order valence-corrected chi connectivity index (χ3v) is 16.0. The zero-order chi connectivity index (χ0) is 52.0. The smallest absolute Gasteiger partial charge is 0.266 e. The number of benzene rings is 7. The van der Waals surface area contributed by atoms with E-state index >= 15 is 52.7 Å². The van der Waals surface area contributed by atoms with Crippen LogP contribution in [0.4, 0.5) is 65.9 Å². The molecule has 0 radical (unpaired) electrons. The molecule has 0 bridgehead atoms. The Balaban J connectivity index is 1.76. The van der Waals surface area contributed by atoms with Crippen LogP contribution >= 0.6 is 18.9 Å². The van der Waals surface area contributed by atoms with Crippen molar-refractivity contribution in [3.63, 3.8) is 0 Å². The van der Waals surface area contributed by atoms with Gasteiger partial charge in [0.15, 0.2) is 52.4 Å². The molecule has 7 rings (SSSR count). The Morgan fingerprint density at radius 2 is 0.662 bits per heavy atom. The third kappa shape index (κ3) is 8.49. The second kappa shape index (κ2) is 20.0. The molecule has 0 N–H and O–H groups in total. The van der Waals surface area contributed by atoms with Gasteiger partial charge in [0.05, 0.1) is 27.1 Å². The lowest BCUT2D eigenvalue weighted by molar-refractivity contribution is 0.373. The summed E-state index contributed by atoms with van der Waals surface area (Å²) in [6.07, 6.45) is -5.82. The Hall–Kier alpha value is -7.05. The molecule has 0 heterocycles. The van der Waals surface area contributed by atoms with Crippen LogP contribution in [0.3, 0.4) is 0 Å². The number of hydrogen-bond donors (Lipinski definition) is 0. The van der Waals surface area contributed by atoms with Gasteiger partial charge in [-0.1, -0.05) is 34.6 Å². The minimum Gasteiger partial charge on any atom is -0.702 e. The number of methoxy groups -OCH3 is 3. The molecule has 4 nitrogen and oxygen atoms in total. The molecule has 0 aliphatic carbocycles. The summed E-state index contributed by atoms with van der Waals surface area (Å²) in [4.78, 5) is 0. The molecule has 0 unspecified atom stereocenters. The van der Waals surface area contributed by atoms with Gasteiger partial charge in [-0.25, -0.2) is 65.9 Å². The van der Waals surface area contributed by atoms with E-state index in [-0.39, 0.29) is 10.3 Å². The highest BCUT2D eigenvalue weighted by Crippen LogP contribution is 2.63. The lowest BCUT2D eigenvalue weighted by Gasteiger charge is -2.46. The van der Waals surface area contributed by atoms with Crippen LogP contribution in [0.1, 0.15) is 5.56 Å². The molecule has 0 aliphatic heterocycles. The van der Waals surface area contributed by atoms with Crippen molar-refractivity contribution >= 4 is 63.3 Å². The zero-order valence-corrected chi connectivity index (χ0v) is 37.9. The summed E-state index contributed by atoms with van der Waals surface area (Å²) in [6, 6.07) is 22.0. The summed E-state index contributed by atoms with van der Waals surface area (Å²) in [5.74, 6) is -48.4. The van der Waals surface area contributed by atoms with Gasteiger partial charge in [-0.3, -0.25) is 0 Å². The van der Waals surface area contributed by atoms with Crippen LogP contribution in [-0.2, 0) is 4.65 Å². The fourth-order valence-electron chi connectivity index (χ4n) is 8.15. The topological polar surface area (TPSA) is 36.9 Å². The number of rotatable bonds is 14. The second-order valence-corrected chi connectivity index (χ2v) is 19.0. The number of halogens is 16. The summed E-state index contributed by atoms with van der Waals surface area (Å²) in [5.41, 5.74) is -9.55. The van der Waals surface area contributed by atoms with Crippen LogP contribution in [0.15, 0.2) is 115 Å². The van der Waals surface area contributed by atoms with Crippen molar-refractivity contribution in [2.24, 2.45) is 0 Å². The van der Waals surface area contributed by atoms with Gasteiger partial charge in [0, 0.05) is 16.7 Å². The summed E-state index contributed by atoms with van der Waals surface area (Å²) >= 11 is 6.15. The Morgan fingerprint density at radius 3 is 0.915 bits per heavy atom. The first-order chi connectivity index (χ1) is 33.6. The maximum atomic E-state index is 16.7. The molecule has 0 amide bonds. The molecule has 0 aliphatic rings. The van der Waals surface area contributed by atoms with Crippen molar-refractivity contribution < 1.29 is 84.7 Å². The second-order valence-electron chi connectivity index (χ2n) is 15.1. The highest BCUT2D eigenvalue weighted by atomic mass is 35.5. The van der Waals surface area contributed by atoms with Crippen molar-refractivity contribution in [3.05, 3.63) is 213 Å². The first-order valence-corrected chi connectivity index (χ1v) is 22.2. The van der Waals surface area contributed by atoms with Gasteiger partial charge in [0.1, 0.15) is 80.6 Å². The zero-order valence-electron chi connectivity index (χ0n) is 36.2. The Labute approximate surface area is 398 Å². The Bertz CT molecular complexity index is 2900. The Morgan fingerprint density at radius 1 is 0.408 bits per heavy atom. The molecule has 7 aromatic carbocycles. The highest BCUT2D eigenvalue weighted by molar-refractivity contribution is 7.99. The van der Waals surface area contributed by atoms with Crippen LogP contribution in [0, 0.1) is 87.3 Å². The van der Waals surface area contributed by atoms with Gasteiger partial charge >= 0.3 is 0 Å². The standard InChI is InChI=1S/C49H28BClF15O4P/c1-22(71(28-15-9-25(67-2)10-16-28,29-17-11-26(68-3)12-18-29)30-19-13-27(69-4)14-20-30)21-31(23-5-7-24(51)8-6-23)70-50(32-35(52)41(58)47(64)42(59)36(32)53,33-37(54)43(60)48(65)44(61)38(33)55)34-39(56)45(62)49(66)46(63)40(34)57/h5-21H,1H2,2-4H3/b31-21-. The molecular formula is C49H28BClF15O4P. The predicted molar refractivity (Wildman–Crippen MR) is 238 cm³/mol. The fourth-order valence-corrected chi connectivity index (χ4v) is 12.3. The van der Waals surface area contributed by atoms with Gasteiger partial charge in [0.2, 0.25) is 0 Å². The van der Waals surface area contributed by atoms with E-state index in [1.807, 2.05) is 0 Å². The van der Waals surface area contributed by atoms with E-state index in [1.165, 1.54) is 94.1 Å². The number of ether oxygens (including phenoxy) is 3. The number of allylic oxidation sites excluding steroid dienone is 2. The first kappa shape index (κ1) is 51.8. The lowest BCUT2D eigenvalue weighted by atomic mass is 9.27. The summed E-state index contributed by atoms with van der Waals surface area (Å²) in [5, 5.41) is 0.531. The van der Waals surface area contributed by atoms with E-state index in [4.69, 9.17) is 30.5 Å². The van der Waals surface area contributed by atoms with Crippen molar-refractivity contribution in [3.8, 4) is 17.2 Å². The number of hydrogen-bond acceptors (Lipinski definition) is 4. The molecule has 22 heteroatoms. The van der Waals surface area contributed by atoms with Crippen molar-refractivity contribution in [2.75, 3.05) is 21.3 Å². The summed E-state index contributed by atoms with van der Waals surface area (Å²) in [7, 11) is 0.214. The molecule has 7 aromatic rings. The van der Waals surface area contributed by atoms with Gasteiger partial charge in [0.25, 0.3) is 6.35 Å². The van der Waals surface area contributed by atoms with Crippen molar-refractivity contribution in [1.29, 1.82) is 0 Å². The van der Waals surface area contributed by atoms with E-state index < -0.39 is 129 Å². The van der Waals surface area contributed by atoms with E-state index in [9.17, 15) is 13.2 Å². The van der Waals surface area contributed by atoms with E-state index in [2.05, 4.69) is 6.58 Å². The molecule has 0 spiro atoms. The van der Waals surface area contributed by atoms with Crippen LogP contribution in [-0.4, -0.2) is 27.7 Å². The SMILES string of the molecule is C=C(/C=C(\O[B-](c1c(F)c(F)c(F)c(F)c1F)(c1c(F)c(F)c(F)c(F)c1F)c1c(F)c(F)c(F)c(F)c1F)c1ccc(Cl)cc1)[P+](c1ccc(OC)cc1)(c1ccc(OC)cc1)c1ccc(OC)cc1. The van der Waals surface area contributed by atoms with Gasteiger partial charge in [-0.15, -0.1) is 0 Å². The summed E-state index contributed by atoms with van der Waals surface area (Å²) < 4.78 is 260. The van der Waals surface area contributed by atoms with E-state index in [0.717, 1.165) is 30.3 Å². The first-order valence-electron chi connectivity index (χ1n) is 20.0. The van der Waals surface area contributed by atoms with Crippen LogP contribution < -0.4 is 46.5 Å². The van der Waals surface area contributed by atoms with Gasteiger partial charge in [-0.2, -0.15) is 0 Å². The maximum Gasteiger partial charge on any atom is 0.266 e. The van der Waals surface area contributed by atoms with Crippen LogP contribution in [0.25, 0.3) is 5.76 Å². The van der Waals surface area contributed by atoms with Gasteiger partial charge in [-0.05, 0) is 97.1 Å². The van der Waals surface area contributed by atoms with Crippen molar-refractivity contribution in [2.45, 2.75) is 0 Å². The fraction of sp³-hybridized carbons (Fsp3) is 0.0612. The van der Waals surface area contributed by atoms with E-state index in [1.54, 1.807) is 0 Å². The van der Waals surface area contributed by atoms with Crippen molar-refractivity contribution in [1.82, 2.24) is 0 Å². The molecule has 0 saturated carbocycles. The predicted octanol–water partition coefficient (Wildman–Crippen LogP) is 11.0. The Kier molecular flexibility index (Phi) is 14.6. The average molecular weight is 1040 g/mol. The molecule has 368 valence electrons. The maximum absolute atomic E-state index is 16.7. The molecule has 0 atom stereocenters. The largest absolute Gasteiger partial charge is 0.702 e. The highest BCUT2D eigenvalue weighted by Gasteiger charge is 2.53. The monoisotopic (exact) mass is 1040 g/mol. The van der Waals surface area contributed by atoms with Crippen LogP contribution in [0.2, 0.25) is 5.02 Å². The normalized spacial score (nSPS) is 12.0. The minimum absolute atomic E-state index is 0.139. The third-order valence-electron chi connectivity index (χ3n) is 11.5. The van der Waals surface area contributed by atoms with Crippen LogP contribution in [0.5, 0.6) is 17.2 Å². The van der Waals surface area contributed by atoms with Gasteiger partial charge < -0.3 is 18.9 Å². The lowest BCUT2D eigenvalue weighted by Crippen LogP contribution is -2.74. The molecule has 0 fully saturated rings. The average Bonchev–Trinajstić information content (AvgIpc) is 3.38. The summed E-state index contributed by atoms with van der Waals surface area (Å²) in [6.45, 7) is 4.27. The quantitative estimate of drug-likeness (QED) is 0.0207. The van der Waals surface area contributed by atoms with E-state index in [0.29, 0.717) is 33.2 Å². The minimum atomic E-state index is -6.55. The molecule has 71 heavy (non-hydrogen) atoms. The molecule has 0 aromatic heterocycles.